The van der Waals surface area contributed by atoms with Crippen molar-refractivity contribution in [3.05, 3.63) is 0 Å². The summed E-state index contributed by atoms with van der Waals surface area (Å²) in [5, 5.41) is 10.7. The molecule has 0 aromatic heterocycles. The number of amides is 3. The van der Waals surface area contributed by atoms with E-state index in [1.54, 1.807) is 0 Å². The van der Waals surface area contributed by atoms with Crippen LogP contribution in [0, 0.1) is 0 Å². The molecule has 4 N–H and O–H groups in total. The summed E-state index contributed by atoms with van der Waals surface area (Å²) >= 11 is 0. The van der Waals surface area contributed by atoms with E-state index >= 15 is 0 Å². The lowest BCUT2D eigenvalue weighted by Gasteiger charge is -2.21. The summed E-state index contributed by atoms with van der Waals surface area (Å²) in [6.07, 6.45) is 0.479. The molecule has 3 atom stereocenters. The molecule has 0 aliphatic carbocycles. The van der Waals surface area contributed by atoms with Gasteiger partial charge in [-0.15, -0.1) is 0 Å². The number of carbonyl (C=O) groups excluding carboxylic acids is 2. The summed E-state index contributed by atoms with van der Waals surface area (Å²) < 4.78 is 0. The van der Waals surface area contributed by atoms with Gasteiger partial charge in [0.2, 0.25) is 11.8 Å². The van der Waals surface area contributed by atoms with Crippen molar-refractivity contribution in [1.29, 1.82) is 0 Å². The number of nitrogens with two attached hydrogens (primary N) is 1. The van der Waals surface area contributed by atoms with Gasteiger partial charge in [-0.05, 0) is 19.3 Å². The van der Waals surface area contributed by atoms with E-state index in [1.165, 1.54) is 4.90 Å². The Morgan fingerprint density at radius 3 is 2.69 bits per heavy atom. The van der Waals surface area contributed by atoms with E-state index in [2.05, 4.69) is 5.32 Å². The minimum Gasteiger partial charge on any atom is -0.465 e. The number of fused-ring (bicyclic) bond motifs is 1. The summed E-state index contributed by atoms with van der Waals surface area (Å²) in [4.78, 5) is 34.8. The zero-order chi connectivity index (χ0) is 11.9. The summed E-state index contributed by atoms with van der Waals surface area (Å²) in [5.74, 6) is -0.861. The smallest absolute Gasteiger partial charge is 0.405 e. The molecule has 0 radical (unpaired) electrons. The molecule has 16 heavy (non-hydrogen) atoms. The number of nitrogens with zero attached hydrogens (tertiary/aromatic N) is 1. The first-order valence-electron chi connectivity index (χ1n) is 5.11. The minimum absolute atomic E-state index is 0.0538. The van der Waals surface area contributed by atoms with Crippen LogP contribution < -0.4 is 11.1 Å². The van der Waals surface area contributed by atoms with Crippen LogP contribution in [0.15, 0.2) is 0 Å². The molecule has 7 nitrogen and oxygen atoms in total. The zero-order valence-corrected chi connectivity index (χ0v) is 8.55. The summed E-state index contributed by atoms with van der Waals surface area (Å²) in [6, 6.07) is -1.36. The Balaban J connectivity index is 2.11. The molecule has 0 bridgehead atoms. The number of primary amides is 1. The third kappa shape index (κ3) is 1.58. The van der Waals surface area contributed by atoms with Gasteiger partial charge >= 0.3 is 6.09 Å². The maximum absolute atomic E-state index is 11.8. The summed E-state index contributed by atoms with van der Waals surface area (Å²) in [7, 11) is 0. The summed E-state index contributed by atoms with van der Waals surface area (Å²) in [6.45, 7) is 0. The second kappa shape index (κ2) is 3.66. The molecule has 0 spiro atoms. The molecule has 2 rings (SSSR count). The van der Waals surface area contributed by atoms with Gasteiger partial charge in [0.05, 0.1) is 0 Å². The van der Waals surface area contributed by atoms with Crippen molar-refractivity contribution in [2.45, 2.75) is 37.4 Å². The van der Waals surface area contributed by atoms with Crippen LogP contribution in [0.3, 0.4) is 0 Å². The van der Waals surface area contributed by atoms with Crippen molar-refractivity contribution in [3.8, 4) is 0 Å². The van der Waals surface area contributed by atoms with Gasteiger partial charge in [-0.1, -0.05) is 0 Å². The van der Waals surface area contributed by atoms with E-state index < -0.39 is 24.1 Å². The number of hydrogen-bond donors (Lipinski definition) is 3. The van der Waals surface area contributed by atoms with E-state index in [0.717, 1.165) is 0 Å². The highest BCUT2D eigenvalue weighted by Gasteiger charge is 2.48. The fourth-order valence-corrected chi connectivity index (χ4v) is 2.55. The van der Waals surface area contributed by atoms with Gasteiger partial charge in [0.1, 0.15) is 12.1 Å². The maximum Gasteiger partial charge on any atom is 0.405 e. The van der Waals surface area contributed by atoms with Gasteiger partial charge in [-0.3, -0.25) is 9.59 Å². The maximum atomic E-state index is 11.8. The SMILES string of the molecule is NC(=O)[C@@H]1CCC2C[C@@H](NC(=O)O)C(=O)N21. The molecule has 2 saturated heterocycles. The van der Waals surface area contributed by atoms with Crippen molar-refractivity contribution in [2.24, 2.45) is 5.73 Å². The summed E-state index contributed by atoms with van der Waals surface area (Å²) in [5.41, 5.74) is 5.19. The van der Waals surface area contributed by atoms with Crippen LogP contribution in [0.1, 0.15) is 19.3 Å². The highest BCUT2D eigenvalue weighted by atomic mass is 16.4. The molecule has 0 aromatic rings. The number of carboxylic acid groups (broad SMARTS) is 1. The topological polar surface area (TPSA) is 113 Å². The second-order valence-electron chi connectivity index (χ2n) is 4.13. The number of rotatable bonds is 2. The number of carbonyl (C=O) groups is 3. The Morgan fingerprint density at radius 1 is 1.44 bits per heavy atom. The lowest BCUT2D eigenvalue weighted by molar-refractivity contribution is -0.136. The quantitative estimate of drug-likeness (QED) is 0.554. The van der Waals surface area contributed by atoms with E-state index in [0.29, 0.717) is 19.3 Å². The van der Waals surface area contributed by atoms with Gasteiger partial charge in [0.25, 0.3) is 0 Å². The van der Waals surface area contributed by atoms with E-state index in [4.69, 9.17) is 10.8 Å². The minimum atomic E-state index is -1.23. The highest BCUT2D eigenvalue weighted by Crippen LogP contribution is 2.33. The molecule has 1 unspecified atom stereocenters. The zero-order valence-electron chi connectivity index (χ0n) is 8.55. The average molecular weight is 227 g/mol. The van der Waals surface area contributed by atoms with Crippen LogP contribution in [0.25, 0.3) is 0 Å². The Hall–Kier alpha value is -1.79. The molecule has 2 fully saturated rings. The van der Waals surface area contributed by atoms with Crippen molar-refractivity contribution >= 4 is 17.9 Å². The van der Waals surface area contributed by atoms with Crippen LogP contribution in [0.2, 0.25) is 0 Å². The molecule has 88 valence electrons. The largest absolute Gasteiger partial charge is 0.465 e. The van der Waals surface area contributed by atoms with Crippen LogP contribution in [-0.2, 0) is 9.59 Å². The van der Waals surface area contributed by atoms with Crippen molar-refractivity contribution in [1.82, 2.24) is 10.2 Å². The third-order valence-electron chi connectivity index (χ3n) is 3.19. The molecule has 7 heteroatoms. The number of hydrogen-bond acceptors (Lipinski definition) is 3. The lowest BCUT2D eigenvalue weighted by Crippen LogP contribution is -2.47. The Morgan fingerprint density at radius 2 is 2.12 bits per heavy atom. The predicted octanol–water partition coefficient (Wildman–Crippen LogP) is -1.13. The first-order chi connectivity index (χ1) is 7.50. The molecule has 2 heterocycles. The Kier molecular flexibility index (Phi) is 2.45. The Labute approximate surface area is 91.6 Å². The normalized spacial score (nSPS) is 32.6. The predicted molar refractivity (Wildman–Crippen MR) is 52.4 cm³/mol. The van der Waals surface area contributed by atoms with Crippen LogP contribution >= 0.6 is 0 Å². The third-order valence-corrected chi connectivity index (χ3v) is 3.19. The van der Waals surface area contributed by atoms with Crippen molar-refractivity contribution in [3.63, 3.8) is 0 Å². The van der Waals surface area contributed by atoms with E-state index in [9.17, 15) is 14.4 Å². The average Bonchev–Trinajstić information content (AvgIpc) is 2.68. The standard InChI is InChI=1S/C9H13N3O4/c10-7(13)6-2-1-4-3-5(11-9(15)16)8(14)12(4)6/h4-6,11H,1-3H2,(H2,10,13)(H,15,16)/t4?,5-,6+/m1/s1. The van der Waals surface area contributed by atoms with E-state index in [1.807, 2.05) is 0 Å². The monoisotopic (exact) mass is 227 g/mol. The highest BCUT2D eigenvalue weighted by molar-refractivity contribution is 5.93. The fourth-order valence-electron chi connectivity index (χ4n) is 2.55. The molecule has 2 aliphatic rings. The van der Waals surface area contributed by atoms with Gasteiger partial charge in [0.15, 0.2) is 0 Å². The van der Waals surface area contributed by atoms with Crippen molar-refractivity contribution in [2.75, 3.05) is 0 Å². The molecule has 3 amide bonds. The molecule has 2 aliphatic heterocycles. The van der Waals surface area contributed by atoms with Crippen LogP contribution in [-0.4, -0.2) is 46.0 Å². The van der Waals surface area contributed by atoms with Crippen molar-refractivity contribution < 1.29 is 19.5 Å². The molecular formula is C9H13N3O4. The Bertz CT molecular complexity index is 357. The van der Waals surface area contributed by atoms with Crippen LogP contribution in [0.4, 0.5) is 4.79 Å². The van der Waals surface area contributed by atoms with Gasteiger partial charge in [0, 0.05) is 6.04 Å². The van der Waals surface area contributed by atoms with Crippen LogP contribution in [0.5, 0.6) is 0 Å². The van der Waals surface area contributed by atoms with E-state index in [-0.39, 0.29) is 11.9 Å². The van der Waals surface area contributed by atoms with Gasteiger partial charge < -0.3 is 21.1 Å². The second-order valence-corrected chi connectivity index (χ2v) is 4.13. The first-order valence-corrected chi connectivity index (χ1v) is 5.11. The fraction of sp³-hybridized carbons (Fsp3) is 0.667. The van der Waals surface area contributed by atoms with Gasteiger partial charge in [-0.2, -0.15) is 0 Å². The lowest BCUT2D eigenvalue weighted by atomic mass is 10.1. The first kappa shape index (κ1) is 10.7. The molecule has 0 aromatic carbocycles. The molecule has 0 saturated carbocycles. The molecular weight excluding hydrogens is 214 g/mol. The van der Waals surface area contributed by atoms with Gasteiger partial charge in [-0.25, -0.2) is 4.79 Å². The number of nitrogens with one attached hydrogen (secondary N) is 1.